The number of carboxylic acid groups (broad SMARTS) is 1. The van der Waals surface area contributed by atoms with E-state index in [1.54, 1.807) is 0 Å². The zero-order chi connectivity index (χ0) is 18.0. The van der Waals surface area contributed by atoms with E-state index >= 15 is 0 Å². The predicted molar refractivity (Wildman–Crippen MR) is 84.7 cm³/mol. The molecule has 3 atom stereocenters. The molecule has 0 radical (unpaired) electrons. The van der Waals surface area contributed by atoms with Gasteiger partial charge < -0.3 is 15.2 Å². The van der Waals surface area contributed by atoms with Crippen LogP contribution < -0.4 is 5.32 Å². The van der Waals surface area contributed by atoms with Crippen LogP contribution in [0.1, 0.15) is 47.5 Å². The lowest BCUT2D eigenvalue weighted by Gasteiger charge is -2.47. The summed E-state index contributed by atoms with van der Waals surface area (Å²) in [5, 5.41) is 12.2. The van der Waals surface area contributed by atoms with E-state index in [0.29, 0.717) is 19.4 Å². The van der Waals surface area contributed by atoms with Gasteiger partial charge in [0.2, 0.25) is 0 Å². The highest BCUT2D eigenvalue weighted by atomic mass is 16.5. The van der Waals surface area contributed by atoms with Crippen LogP contribution in [-0.2, 0) is 14.3 Å². The van der Waals surface area contributed by atoms with E-state index in [9.17, 15) is 19.5 Å². The fourth-order valence-electron chi connectivity index (χ4n) is 3.57. The van der Waals surface area contributed by atoms with Crippen LogP contribution >= 0.6 is 0 Å². The molecule has 7 heteroatoms. The van der Waals surface area contributed by atoms with E-state index in [0.717, 1.165) is 0 Å². The number of hydrogen-bond donors (Lipinski definition) is 2. The molecule has 132 valence electrons. The van der Waals surface area contributed by atoms with Gasteiger partial charge in [0, 0.05) is 12.8 Å². The monoisotopic (exact) mass is 329 g/mol. The normalized spacial score (nSPS) is 26.0. The molecule has 0 saturated carbocycles. The maximum absolute atomic E-state index is 13.4. The number of carbonyl (C=O) groups is 3. The van der Waals surface area contributed by atoms with Gasteiger partial charge in [-0.3, -0.25) is 0 Å². The number of methoxy groups -OCH3 is 1. The summed E-state index contributed by atoms with van der Waals surface area (Å²) >= 11 is 0. The summed E-state index contributed by atoms with van der Waals surface area (Å²) in [7, 11) is 1.24. The standard InChI is InChI=1S/C16H28N2O5/c1-10(2)12(17-15(22)23-6)13(19)18(16(3,4)5)9-7-8-11(18)14(20)21/h10-12H,7-9H2,1-6H3,(H-,17,20,21,22)/p+1/t11-,12-,18?/m0/s1. The number of likely N-dealkylation sites (tertiary alicyclic amines) is 1. The first-order valence-corrected chi connectivity index (χ1v) is 7.98. The molecule has 1 rings (SSSR count). The fraction of sp³-hybridized carbons (Fsp3) is 0.812. The van der Waals surface area contributed by atoms with Crippen molar-refractivity contribution < 1.29 is 28.7 Å². The van der Waals surface area contributed by atoms with Crippen molar-refractivity contribution >= 4 is 18.0 Å². The Kier molecular flexibility index (Phi) is 5.79. The molecule has 1 unspecified atom stereocenters. The molecular formula is C16H29N2O5+. The number of nitrogens with one attached hydrogen (secondary N) is 1. The minimum atomic E-state index is -0.966. The van der Waals surface area contributed by atoms with E-state index in [2.05, 4.69) is 10.1 Å². The number of hydrogen-bond acceptors (Lipinski definition) is 4. The Morgan fingerprint density at radius 1 is 1.26 bits per heavy atom. The number of aliphatic carboxylic acids is 1. The second-order valence-electron chi connectivity index (χ2n) is 7.46. The fourth-order valence-corrected chi connectivity index (χ4v) is 3.57. The first-order chi connectivity index (χ1) is 10.5. The molecule has 0 aromatic rings. The Labute approximate surface area is 137 Å². The van der Waals surface area contributed by atoms with Gasteiger partial charge in [0.1, 0.15) is 6.04 Å². The highest BCUT2D eigenvalue weighted by Crippen LogP contribution is 2.38. The second kappa shape index (κ2) is 6.86. The zero-order valence-corrected chi connectivity index (χ0v) is 14.9. The van der Waals surface area contributed by atoms with Crippen molar-refractivity contribution in [3.05, 3.63) is 0 Å². The molecule has 1 fully saturated rings. The smallest absolute Gasteiger partial charge is 0.407 e. The molecule has 7 nitrogen and oxygen atoms in total. The molecule has 2 amide bonds. The Bertz CT molecular complexity index is 483. The van der Waals surface area contributed by atoms with Crippen LogP contribution in [0.15, 0.2) is 0 Å². The van der Waals surface area contributed by atoms with Crippen LogP contribution in [0.25, 0.3) is 0 Å². The average Bonchev–Trinajstić information content (AvgIpc) is 2.89. The topological polar surface area (TPSA) is 92.7 Å². The van der Waals surface area contributed by atoms with Crippen molar-refractivity contribution in [1.82, 2.24) is 5.32 Å². The third-order valence-corrected chi connectivity index (χ3v) is 4.79. The highest BCUT2D eigenvalue weighted by Gasteiger charge is 2.60. The molecule has 1 saturated heterocycles. The molecular weight excluding hydrogens is 300 g/mol. The summed E-state index contributed by atoms with van der Waals surface area (Å²) in [6.07, 6.45) is 0.444. The number of quaternary nitrogens is 1. The summed E-state index contributed by atoms with van der Waals surface area (Å²) in [4.78, 5) is 36.7. The van der Waals surface area contributed by atoms with E-state index in [1.165, 1.54) is 7.11 Å². The van der Waals surface area contributed by atoms with E-state index < -0.39 is 29.7 Å². The third kappa shape index (κ3) is 3.49. The molecule has 0 aliphatic carbocycles. The Balaban J connectivity index is 3.33. The number of ether oxygens (including phenoxy) is 1. The minimum Gasteiger partial charge on any atom is -0.477 e. The molecule has 1 heterocycles. The Morgan fingerprint density at radius 2 is 1.83 bits per heavy atom. The van der Waals surface area contributed by atoms with Gasteiger partial charge in [-0.05, 0) is 26.7 Å². The molecule has 23 heavy (non-hydrogen) atoms. The second-order valence-corrected chi connectivity index (χ2v) is 7.46. The number of rotatable bonds is 4. The van der Waals surface area contributed by atoms with E-state index in [4.69, 9.17) is 0 Å². The van der Waals surface area contributed by atoms with Gasteiger partial charge in [0.25, 0.3) is 0 Å². The average molecular weight is 329 g/mol. The molecule has 1 aliphatic heterocycles. The largest absolute Gasteiger partial charge is 0.477 e. The molecule has 0 aromatic carbocycles. The third-order valence-electron chi connectivity index (χ3n) is 4.79. The summed E-state index contributed by atoms with van der Waals surface area (Å²) in [6, 6.07) is -1.58. The first kappa shape index (κ1) is 19.4. The van der Waals surface area contributed by atoms with Crippen LogP contribution in [-0.4, -0.2) is 58.8 Å². The summed E-state index contributed by atoms with van der Waals surface area (Å²) in [5.74, 6) is -1.40. The molecule has 0 aromatic heterocycles. The quantitative estimate of drug-likeness (QED) is 0.767. The summed E-state index contributed by atoms with van der Waals surface area (Å²) < 4.78 is 4.45. The lowest BCUT2D eigenvalue weighted by molar-refractivity contribution is -0.904. The van der Waals surface area contributed by atoms with E-state index in [-0.39, 0.29) is 16.3 Å². The lowest BCUT2D eigenvalue weighted by atomic mass is 9.93. The van der Waals surface area contributed by atoms with Crippen LogP contribution in [0.4, 0.5) is 4.79 Å². The van der Waals surface area contributed by atoms with Crippen molar-refractivity contribution in [3.63, 3.8) is 0 Å². The van der Waals surface area contributed by atoms with E-state index in [1.807, 2.05) is 34.6 Å². The molecule has 0 spiro atoms. The molecule has 2 N–H and O–H groups in total. The van der Waals surface area contributed by atoms with Gasteiger partial charge in [-0.1, -0.05) is 13.8 Å². The number of alkyl carbamates (subject to hydrolysis) is 1. The van der Waals surface area contributed by atoms with Crippen LogP contribution in [0, 0.1) is 5.92 Å². The number of carboxylic acids is 1. The van der Waals surface area contributed by atoms with Gasteiger partial charge >= 0.3 is 18.0 Å². The number of amides is 2. The lowest BCUT2D eigenvalue weighted by Crippen LogP contribution is -2.72. The molecule has 1 aliphatic rings. The SMILES string of the molecule is COC(=O)N[C@H](C(=O)[N+]1(C(C)(C)C)CCC[C@H]1C(=O)O)C(C)C. The van der Waals surface area contributed by atoms with Gasteiger partial charge in [0.15, 0.2) is 6.04 Å². The summed E-state index contributed by atoms with van der Waals surface area (Å²) in [6.45, 7) is 9.74. The minimum absolute atomic E-state index is 0.158. The first-order valence-electron chi connectivity index (χ1n) is 7.98. The number of nitrogens with zero attached hydrogens (tertiary/aromatic N) is 1. The van der Waals surface area contributed by atoms with Gasteiger partial charge in [-0.15, -0.1) is 0 Å². The van der Waals surface area contributed by atoms with Gasteiger partial charge in [-0.25, -0.2) is 18.9 Å². The zero-order valence-electron chi connectivity index (χ0n) is 14.9. The van der Waals surface area contributed by atoms with Crippen molar-refractivity contribution in [2.45, 2.75) is 65.1 Å². The van der Waals surface area contributed by atoms with Crippen molar-refractivity contribution in [3.8, 4) is 0 Å². The predicted octanol–water partition coefficient (Wildman–Crippen LogP) is 1.76. The van der Waals surface area contributed by atoms with Gasteiger partial charge in [0.05, 0.1) is 19.2 Å². The van der Waals surface area contributed by atoms with Crippen molar-refractivity contribution in [1.29, 1.82) is 0 Å². The van der Waals surface area contributed by atoms with Crippen LogP contribution in [0.3, 0.4) is 0 Å². The molecule has 0 bridgehead atoms. The Hall–Kier alpha value is -1.63. The van der Waals surface area contributed by atoms with Crippen LogP contribution in [0.5, 0.6) is 0 Å². The maximum Gasteiger partial charge on any atom is 0.407 e. The van der Waals surface area contributed by atoms with Gasteiger partial charge in [-0.2, -0.15) is 0 Å². The van der Waals surface area contributed by atoms with Crippen molar-refractivity contribution in [2.24, 2.45) is 5.92 Å². The maximum atomic E-state index is 13.4. The Morgan fingerprint density at radius 3 is 2.22 bits per heavy atom. The summed E-state index contributed by atoms with van der Waals surface area (Å²) in [5.41, 5.74) is -0.582. The van der Waals surface area contributed by atoms with Crippen LogP contribution in [0.2, 0.25) is 0 Å². The number of carbonyl (C=O) groups excluding carboxylic acids is 2. The van der Waals surface area contributed by atoms with Crippen molar-refractivity contribution in [2.75, 3.05) is 13.7 Å². The highest BCUT2D eigenvalue weighted by molar-refractivity contribution is 5.84.